The maximum atomic E-state index is 15.6. The van der Waals surface area contributed by atoms with Crippen LogP contribution < -0.4 is 16.0 Å². The Hall–Kier alpha value is -4.70. The van der Waals surface area contributed by atoms with E-state index >= 15 is 4.39 Å². The SMILES string of the molecule is NC(=O)[C@@H](CC1CC1)[C@H](C(=O)N[C@@H]1CN(COC(=O)c2ccc(COP(=O)(O)O)cn2)c2c(F)cccc2C(c2ccccc2)=N1)C(F)(F)F. The molecule has 1 aromatic heterocycles. The maximum Gasteiger partial charge on any atom is 0.469 e. The van der Waals surface area contributed by atoms with Crippen LogP contribution in [0.2, 0.25) is 0 Å². The van der Waals surface area contributed by atoms with Gasteiger partial charge in [0.2, 0.25) is 11.8 Å². The highest BCUT2D eigenvalue weighted by molar-refractivity contribution is 7.46. The molecule has 0 spiro atoms. The van der Waals surface area contributed by atoms with E-state index in [2.05, 4.69) is 19.8 Å². The first-order valence-corrected chi connectivity index (χ1v) is 16.8. The molecule has 1 saturated carbocycles. The number of alkyl halides is 3. The summed E-state index contributed by atoms with van der Waals surface area (Å²) in [6.07, 6.45) is -4.45. The first kappa shape index (κ1) is 36.6. The number of rotatable bonds is 13. The Kier molecular flexibility index (Phi) is 11.0. The molecule has 0 bridgehead atoms. The molecule has 50 heavy (non-hydrogen) atoms. The lowest BCUT2D eigenvalue weighted by Crippen LogP contribution is -2.52. The molecule has 1 aliphatic carbocycles. The van der Waals surface area contributed by atoms with Crippen LogP contribution in [0.1, 0.15) is 46.4 Å². The zero-order valence-electron chi connectivity index (χ0n) is 26.1. The number of benzodiazepines with no additional fused rings is 1. The Labute approximate surface area is 282 Å². The maximum absolute atomic E-state index is 15.6. The topological polar surface area (TPSA) is 194 Å². The third-order valence-corrected chi connectivity index (χ3v) is 8.53. The molecule has 3 atom stereocenters. The highest BCUT2D eigenvalue weighted by Crippen LogP contribution is 2.42. The first-order chi connectivity index (χ1) is 23.6. The molecule has 3 aromatic rings. The Bertz CT molecular complexity index is 1800. The minimum atomic E-state index is -5.13. The molecule has 5 rings (SSSR count). The molecule has 0 saturated heterocycles. The van der Waals surface area contributed by atoms with Gasteiger partial charge in [0.15, 0.2) is 6.73 Å². The van der Waals surface area contributed by atoms with Crippen molar-refractivity contribution in [2.45, 2.75) is 38.2 Å². The van der Waals surface area contributed by atoms with Crippen molar-refractivity contribution >= 4 is 37.0 Å². The number of ether oxygens (including phenoxy) is 1. The monoisotopic (exact) mass is 721 g/mol. The van der Waals surface area contributed by atoms with Gasteiger partial charge in [-0.2, -0.15) is 13.2 Å². The van der Waals surface area contributed by atoms with E-state index in [1.54, 1.807) is 30.3 Å². The molecule has 0 radical (unpaired) electrons. The highest BCUT2D eigenvalue weighted by Gasteiger charge is 2.53. The molecule has 2 aliphatic rings. The number of nitrogens with zero attached hydrogens (tertiary/aromatic N) is 3. The van der Waals surface area contributed by atoms with E-state index < -0.39 is 75.5 Å². The lowest BCUT2D eigenvalue weighted by atomic mass is 9.85. The highest BCUT2D eigenvalue weighted by atomic mass is 31.2. The number of hydrogen-bond donors (Lipinski definition) is 4. The minimum Gasteiger partial charge on any atom is -0.440 e. The number of fused-ring (bicyclic) bond motifs is 1. The van der Waals surface area contributed by atoms with Gasteiger partial charge in [0, 0.05) is 17.3 Å². The minimum absolute atomic E-state index is 0.117. The first-order valence-electron chi connectivity index (χ1n) is 15.3. The Balaban J connectivity index is 1.44. The van der Waals surface area contributed by atoms with Crippen molar-refractivity contribution in [1.82, 2.24) is 10.3 Å². The van der Waals surface area contributed by atoms with Crippen LogP contribution in [0.3, 0.4) is 0 Å². The van der Waals surface area contributed by atoms with Gasteiger partial charge in [0.25, 0.3) is 0 Å². The van der Waals surface area contributed by atoms with E-state index in [1.165, 1.54) is 29.2 Å². The summed E-state index contributed by atoms with van der Waals surface area (Å²) in [5.74, 6) is -9.34. The number of phosphoric acid groups is 1. The fourth-order valence-electron chi connectivity index (χ4n) is 5.56. The third kappa shape index (κ3) is 9.29. The van der Waals surface area contributed by atoms with Gasteiger partial charge in [-0.1, -0.05) is 61.4 Å². The summed E-state index contributed by atoms with van der Waals surface area (Å²) in [6.45, 7) is -1.64. The number of amides is 2. The summed E-state index contributed by atoms with van der Waals surface area (Å²) >= 11 is 0. The van der Waals surface area contributed by atoms with Crippen LogP contribution >= 0.6 is 7.82 Å². The fraction of sp³-hybridized carbons (Fsp3) is 0.344. The largest absolute Gasteiger partial charge is 0.469 e. The second-order valence-electron chi connectivity index (χ2n) is 11.8. The molecule has 5 N–H and O–H groups in total. The number of esters is 1. The summed E-state index contributed by atoms with van der Waals surface area (Å²) in [5, 5.41) is 2.29. The number of halogens is 4. The smallest absolute Gasteiger partial charge is 0.440 e. The van der Waals surface area contributed by atoms with Gasteiger partial charge in [-0.15, -0.1) is 0 Å². The predicted molar refractivity (Wildman–Crippen MR) is 169 cm³/mol. The molecule has 2 amide bonds. The summed E-state index contributed by atoms with van der Waals surface area (Å²) < 4.78 is 79.6. The number of nitrogens with one attached hydrogen (secondary N) is 1. The van der Waals surface area contributed by atoms with E-state index in [0.29, 0.717) is 18.4 Å². The van der Waals surface area contributed by atoms with Crippen LogP contribution in [0, 0.1) is 23.6 Å². The molecular weight excluding hydrogens is 689 g/mol. The Morgan fingerprint density at radius 2 is 1.78 bits per heavy atom. The van der Waals surface area contributed by atoms with Crippen molar-refractivity contribution in [3.05, 3.63) is 95.1 Å². The number of aromatic nitrogens is 1. The number of phosphoric ester groups is 1. The average molecular weight is 722 g/mol. The zero-order chi connectivity index (χ0) is 36.2. The van der Waals surface area contributed by atoms with Crippen molar-refractivity contribution in [3.8, 4) is 0 Å². The summed E-state index contributed by atoms with van der Waals surface area (Å²) in [4.78, 5) is 66.0. The number of aliphatic imine (C=N–C) groups is 1. The van der Waals surface area contributed by atoms with E-state index in [1.807, 2.05) is 0 Å². The van der Waals surface area contributed by atoms with Gasteiger partial charge in [-0.25, -0.2) is 18.7 Å². The van der Waals surface area contributed by atoms with Crippen LogP contribution in [0.5, 0.6) is 0 Å². The molecule has 2 aromatic carbocycles. The fourth-order valence-corrected chi connectivity index (χ4v) is 5.87. The van der Waals surface area contributed by atoms with Gasteiger partial charge in [-0.05, 0) is 30.0 Å². The standard InChI is InChI=1S/C32H32F4N5O8P/c33-23-8-4-7-21-27(20-5-2-1-3-6-20)39-25(40-30(43)26(32(34,35)36)22(29(37)42)13-18-9-10-18)15-41(28(21)23)17-48-31(44)24-12-11-19(14-38-24)16-49-50(45,46)47/h1-8,11-12,14,18,22,25-26H,9-10,13,15-17H2,(H2,37,42)(H,40,43)(H2,45,46,47)/t22-,25+,26+/m0/s1. The second-order valence-corrected chi connectivity index (χ2v) is 13.0. The Morgan fingerprint density at radius 1 is 1.06 bits per heavy atom. The number of hydrogen-bond acceptors (Lipinski definition) is 9. The van der Waals surface area contributed by atoms with Crippen molar-refractivity contribution in [2.75, 3.05) is 18.2 Å². The number of pyridine rings is 1. The zero-order valence-corrected chi connectivity index (χ0v) is 27.0. The number of carbonyl (C=O) groups is 3. The summed E-state index contributed by atoms with van der Waals surface area (Å²) in [5.41, 5.74) is 6.00. The number of anilines is 1. The number of carbonyl (C=O) groups excluding carboxylic acids is 3. The number of primary amides is 1. The molecule has 1 fully saturated rings. The van der Waals surface area contributed by atoms with Crippen LogP contribution in [0.4, 0.5) is 23.2 Å². The second kappa shape index (κ2) is 15.0. The quantitative estimate of drug-likeness (QED) is 0.115. The van der Waals surface area contributed by atoms with Crippen molar-refractivity contribution in [3.63, 3.8) is 0 Å². The molecule has 266 valence electrons. The number of benzene rings is 2. The predicted octanol–water partition coefficient (Wildman–Crippen LogP) is 3.82. The number of para-hydroxylation sites is 1. The van der Waals surface area contributed by atoms with Gasteiger partial charge >= 0.3 is 20.0 Å². The summed E-state index contributed by atoms with van der Waals surface area (Å²) in [7, 11) is -4.76. The van der Waals surface area contributed by atoms with E-state index in [0.717, 1.165) is 12.3 Å². The molecular formula is C32H32F4N5O8P. The van der Waals surface area contributed by atoms with Gasteiger partial charge in [-0.3, -0.25) is 19.1 Å². The van der Waals surface area contributed by atoms with Crippen molar-refractivity contribution in [2.24, 2.45) is 28.5 Å². The van der Waals surface area contributed by atoms with E-state index in [9.17, 15) is 32.1 Å². The molecule has 18 heteroatoms. The van der Waals surface area contributed by atoms with Gasteiger partial charge in [0.1, 0.15) is 23.6 Å². The van der Waals surface area contributed by atoms with Crippen molar-refractivity contribution < 1.29 is 55.6 Å². The molecule has 13 nitrogen and oxygen atoms in total. The molecule has 0 unspecified atom stereocenters. The van der Waals surface area contributed by atoms with Crippen LogP contribution in [0.15, 0.2) is 71.9 Å². The van der Waals surface area contributed by atoms with E-state index in [-0.39, 0.29) is 40.6 Å². The van der Waals surface area contributed by atoms with Gasteiger partial charge in [0.05, 0.1) is 30.5 Å². The van der Waals surface area contributed by atoms with E-state index in [4.69, 9.17) is 20.3 Å². The average Bonchev–Trinajstić information content (AvgIpc) is 3.89. The molecule has 1 aliphatic heterocycles. The Morgan fingerprint density at radius 3 is 2.38 bits per heavy atom. The van der Waals surface area contributed by atoms with Crippen LogP contribution in [-0.4, -0.2) is 63.9 Å². The lowest BCUT2D eigenvalue weighted by molar-refractivity contribution is -0.196. The third-order valence-electron chi connectivity index (χ3n) is 8.06. The van der Waals surface area contributed by atoms with Crippen LogP contribution in [0.25, 0.3) is 0 Å². The van der Waals surface area contributed by atoms with Crippen LogP contribution in [-0.2, 0) is 30.0 Å². The normalized spacial score (nSPS) is 17.5. The summed E-state index contributed by atoms with van der Waals surface area (Å²) in [6, 6.07) is 14.9. The molecule has 2 heterocycles. The lowest BCUT2D eigenvalue weighted by Gasteiger charge is -2.30. The number of nitrogens with two attached hydrogens (primary N) is 1. The van der Waals surface area contributed by atoms with Crippen molar-refractivity contribution in [1.29, 1.82) is 0 Å². The van der Waals surface area contributed by atoms with Gasteiger partial charge < -0.3 is 30.5 Å².